The average molecular weight is 489 g/mol. The third-order valence-corrected chi connectivity index (χ3v) is 5.84. The van der Waals surface area contributed by atoms with Crippen LogP contribution in [-0.2, 0) is 9.59 Å². The highest BCUT2D eigenvalue weighted by molar-refractivity contribution is 6.30. The first-order valence-corrected chi connectivity index (χ1v) is 11.2. The molecule has 0 radical (unpaired) electrons. The van der Waals surface area contributed by atoms with E-state index >= 15 is 0 Å². The number of piperidine rings is 1. The van der Waals surface area contributed by atoms with E-state index in [1.807, 2.05) is 13.8 Å². The van der Waals surface area contributed by atoms with Gasteiger partial charge in [-0.3, -0.25) is 33.9 Å². The van der Waals surface area contributed by atoms with Crippen LogP contribution in [0.2, 0.25) is 5.02 Å². The van der Waals surface area contributed by atoms with E-state index in [1.54, 1.807) is 0 Å². The predicted octanol–water partition coefficient (Wildman–Crippen LogP) is 2.60. The van der Waals surface area contributed by atoms with Crippen molar-refractivity contribution >= 4 is 34.9 Å². The second-order valence-corrected chi connectivity index (χ2v) is 8.87. The molecule has 0 bridgehead atoms. The first kappa shape index (κ1) is 25.1. The summed E-state index contributed by atoms with van der Waals surface area (Å²) in [4.78, 5) is 63.8. The lowest BCUT2D eigenvalue weighted by molar-refractivity contribution is -0.384. The topological polar surface area (TPSA) is 132 Å². The van der Waals surface area contributed by atoms with Gasteiger partial charge in [-0.05, 0) is 32.8 Å². The normalized spacial score (nSPS) is 15.1. The molecular weight excluding hydrogens is 464 g/mol. The van der Waals surface area contributed by atoms with Gasteiger partial charge in [0.05, 0.1) is 9.95 Å². The highest BCUT2D eigenvalue weighted by Gasteiger charge is 2.37. The summed E-state index contributed by atoms with van der Waals surface area (Å²) in [6, 6.07) is 5.89. The van der Waals surface area contributed by atoms with Gasteiger partial charge >= 0.3 is 0 Å². The van der Waals surface area contributed by atoms with Crippen molar-refractivity contribution in [3.63, 3.8) is 0 Å². The minimum absolute atomic E-state index is 0.00111. The second kappa shape index (κ2) is 10.6. The smallest absolute Gasteiger partial charge is 0.270 e. The summed E-state index contributed by atoms with van der Waals surface area (Å²) in [5.41, 5.74) is -1.01. The Morgan fingerprint density at radius 3 is 2.44 bits per heavy atom. The number of rotatable bonds is 7. The van der Waals surface area contributed by atoms with Crippen molar-refractivity contribution < 1.29 is 19.3 Å². The zero-order valence-corrected chi connectivity index (χ0v) is 19.5. The van der Waals surface area contributed by atoms with E-state index in [9.17, 15) is 29.3 Å². The highest BCUT2D eigenvalue weighted by Crippen LogP contribution is 2.25. The zero-order valence-electron chi connectivity index (χ0n) is 18.8. The number of carbonyl (C=O) groups is 3. The number of aromatic nitrogens is 1. The van der Waals surface area contributed by atoms with Crippen LogP contribution in [0.15, 0.2) is 47.4 Å². The number of halogens is 1. The lowest BCUT2D eigenvalue weighted by Crippen LogP contribution is -2.48. The monoisotopic (exact) mass is 488 g/mol. The molecule has 11 heteroatoms. The number of carbonyl (C=O) groups excluding carboxylic acids is 3. The maximum absolute atomic E-state index is 13.5. The molecule has 1 fully saturated rings. The standard InChI is InChI=1S/C23H25ClN4O6/c1-14(2)25-22(31)15-8-10-26(11-9-15)23(32)20(27-13-17(24)6-7-19(27)29)21(30)16-4-3-5-18(12-16)28(33)34/h3-7,12-15,20H,8-11H2,1-2H3,(H,25,31)/t20-/m0/s1. The molecule has 0 spiro atoms. The molecule has 10 nitrogen and oxygen atoms in total. The van der Waals surface area contributed by atoms with Crippen LogP contribution < -0.4 is 10.9 Å². The summed E-state index contributed by atoms with van der Waals surface area (Å²) in [7, 11) is 0. The number of benzene rings is 1. The Balaban J connectivity index is 1.91. The van der Waals surface area contributed by atoms with Crippen LogP contribution in [0.1, 0.15) is 43.1 Å². The van der Waals surface area contributed by atoms with Crippen molar-refractivity contribution in [2.24, 2.45) is 5.92 Å². The molecule has 0 saturated carbocycles. The Kier molecular flexibility index (Phi) is 7.83. The fourth-order valence-corrected chi connectivity index (χ4v) is 4.07. The third-order valence-electron chi connectivity index (χ3n) is 5.61. The molecular formula is C23H25ClN4O6. The highest BCUT2D eigenvalue weighted by atomic mass is 35.5. The van der Waals surface area contributed by atoms with Crippen LogP contribution in [0, 0.1) is 16.0 Å². The Morgan fingerprint density at radius 2 is 1.82 bits per heavy atom. The molecule has 3 rings (SSSR count). The summed E-state index contributed by atoms with van der Waals surface area (Å²) >= 11 is 6.03. The van der Waals surface area contributed by atoms with E-state index in [2.05, 4.69) is 5.32 Å². The Morgan fingerprint density at radius 1 is 1.15 bits per heavy atom. The minimum Gasteiger partial charge on any atom is -0.354 e. The number of pyridine rings is 1. The van der Waals surface area contributed by atoms with Crippen molar-refractivity contribution in [3.05, 3.63) is 73.6 Å². The maximum Gasteiger partial charge on any atom is 0.270 e. The maximum atomic E-state index is 13.5. The number of likely N-dealkylation sites (tertiary alicyclic amines) is 1. The number of nitrogens with zero attached hydrogens (tertiary/aromatic N) is 3. The van der Waals surface area contributed by atoms with E-state index in [-0.39, 0.29) is 47.2 Å². The van der Waals surface area contributed by atoms with Gasteiger partial charge in [0.2, 0.25) is 5.91 Å². The van der Waals surface area contributed by atoms with Gasteiger partial charge in [-0.25, -0.2) is 0 Å². The van der Waals surface area contributed by atoms with Gasteiger partial charge in [-0.15, -0.1) is 0 Å². The molecule has 1 aliphatic rings. The lowest BCUT2D eigenvalue weighted by atomic mass is 9.94. The van der Waals surface area contributed by atoms with E-state index in [1.165, 1.54) is 35.4 Å². The molecule has 2 aromatic rings. The SMILES string of the molecule is CC(C)NC(=O)C1CCN(C(=O)[C@H](C(=O)c2cccc([N+](=O)[O-])c2)n2cc(Cl)ccc2=O)CC1. The molecule has 180 valence electrons. The largest absolute Gasteiger partial charge is 0.354 e. The number of non-ortho nitro benzene ring substituents is 1. The van der Waals surface area contributed by atoms with Crippen molar-refractivity contribution in [2.45, 2.75) is 38.8 Å². The molecule has 2 amide bonds. The fraction of sp³-hybridized carbons (Fsp3) is 0.391. The van der Waals surface area contributed by atoms with E-state index in [0.717, 1.165) is 16.7 Å². The van der Waals surface area contributed by atoms with Crippen LogP contribution in [-0.4, -0.2) is 51.1 Å². The van der Waals surface area contributed by atoms with Crippen molar-refractivity contribution in [1.29, 1.82) is 0 Å². The summed E-state index contributed by atoms with van der Waals surface area (Å²) in [6.07, 6.45) is 2.02. The Labute approximate surface area is 200 Å². The quantitative estimate of drug-likeness (QED) is 0.276. The van der Waals surface area contributed by atoms with Gasteiger partial charge in [0, 0.05) is 55.0 Å². The predicted molar refractivity (Wildman–Crippen MR) is 125 cm³/mol. The number of hydrogen-bond acceptors (Lipinski definition) is 6. The van der Waals surface area contributed by atoms with E-state index in [0.29, 0.717) is 12.8 Å². The third kappa shape index (κ3) is 5.69. The molecule has 0 aliphatic carbocycles. The number of hydrogen-bond donors (Lipinski definition) is 1. The molecule has 1 N–H and O–H groups in total. The summed E-state index contributed by atoms with van der Waals surface area (Å²) < 4.78 is 0.948. The number of Topliss-reactive ketones (excluding diaryl/α,β-unsaturated/α-hetero) is 1. The molecule has 1 aromatic carbocycles. The van der Waals surface area contributed by atoms with Crippen molar-refractivity contribution in [3.8, 4) is 0 Å². The molecule has 0 unspecified atom stereocenters. The molecule has 1 aromatic heterocycles. The second-order valence-electron chi connectivity index (χ2n) is 8.43. The molecule has 2 heterocycles. The number of nitro groups is 1. The average Bonchev–Trinajstić information content (AvgIpc) is 2.81. The van der Waals surface area contributed by atoms with Gasteiger partial charge in [0.25, 0.3) is 17.2 Å². The van der Waals surface area contributed by atoms with Crippen LogP contribution in [0.4, 0.5) is 5.69 Å². The van der Waals surface area contributed by atoms with E-state index in [4.69, 9.17) is 11.6 Å². The Bertz CT molecular complexity index is 1170. The van der Waals surface area contributed by atoms with Gasteiger partial charge in [-0.1, -0.05) is 23.7 Å². The first-order chi connectivity index (χ1) is 16.1. The summed E-state index contributed by atoms with van der Waals surface area (Å²) in [5.74, 6) is -1.75. The number of nitrogens with one attached hydrogen (secondary N) is 1. The van der Waals surface area contributed by atoms with Gasteiger partial charge < -0.3 is 10.2 Å². The zero-order chi connectivity index (χ0) is 25.0. The van der Waals surface area contributed by atoms with Crippen LogP contribution >= 0.6 is 11.6 Å². The van der Waals surface area contributed by atoms with Gasteiger partial charge in [0.1, 0.15) is 0 Å². The van der Waals surface area contributed by atoms with Crippen LogP contribution in [0.3, 0.4) is 0 Å². The van der Waals surface area contributed by atoms with Crippen molar-refractivity contribution in [1.82, 2.24) is 14.8 Å². The van der Waals surface area contributed by atoms with Gasteiger partial charge in [-0.2, -0.15) is 0 Å². The van der Waals surface area contributed by atoms with Crippen molar-refractivity contribution in [2.75, 3.05) is 13.1 Å². The molecule has 34 heavy (non-hydrogen) atoms. The molecule has 1 saturated heterocycles. The Hall–Kier alpha value is -3.53. The fourth-order valence-electron chi connectivity index (χ4n) is 3.90. The molecule has 1 atom stereocenters. The lowest BCUT2D eigenvalue weighted by Gasteiger charge is -2.34. The molecule has 1 aliphatic heterocycles. The summed E-state index contributed by atoms with van der Waals surface area (Å²) in [6.45, 7) is 4.18. The van der Waals surface area contributed by atoms with Crippen LogP contribution in [0.5, 0.6) is 0 Å². The van der Waals surface area contributed by atoms with E-state index < -0.39 is 28.2 Å². The minimum atomic E-state index is -1.59. The summed E-state index contributed by atoms with van der Waals surface area (Å²) in [5, 5.41) is 14.2. The number of amides is 2. The van der Waals surface area contributed by atoms with Crippen LogP contribution in [0.25, 0.3) is 0 Å². The number of ketones is 1. The first-order valence-electron chi connectivity index (χ1n) is 10.8. The van der Waals surface area contributed by atoms with Gasteiger partial charge in [0.15, 0.2) is 11.8 Å². The number of nitro benzene ring substituents is 1.